The van der Waals surface area contributed by atoms with Crippen LogP contribution in [0.3, 0.4) is 0 Å². The fourth-order valence-electron chi connectivity index (χ4n) is 3.12. The van der Waals surface area contributed by atoms with Crippen LogP contribution in [-0.4, -0.2) is 37.7 Å². The number of nitrogens with zero attached hydrogens (tertiary/aromatic N) is 6. The first-order chi connectivity index (χ1) is 14.8. The molecule has 0 aliphatic carbocycles. The minimum Gasteiger partial charge on any atom is -0.408 e. The zero-order chi connectivity index (χ0) is 21.8. The number of aromatic nitrogens is 6. The van der Waals surface area contributed by atoms with Crippen molar-refractivity contribution in [3.63, 3.8) is 0 Å². The highest BCUT2D eigenvalue weighted by Gasteiger charge is 2.18. The second-order valence-electron chi connectivity index (χ2n) is 6.79. The van der Waals surface area contributed by atoms with Gasteiger partial charge in [0.15, 0.2) is 22.9 Å². The molecule has 0 bridgehead atoms. The molecule has 0 saturated heterocycles. The number of oxazole rings is 1. The van der Waals surface area contributed by atoms with Gasteiger partial charge in [0, 0.05) is 18.8 Å². The summed E-state index contributed by atoms with van der Waals surface area (Å²) in [5, 5.41) is 11.9. The maximum absolute atomic E-state index is 12.8. The molecular weight excluding hydrogens is 426 g/mol. The normalized spacial score (nSPS) is 12.2. The Morgan fingerprint density at radius 1 is 1.16 bits per heavy atom. The van der Waals surface area contributed by atoms with E-state index in [2.05, 4.69) is 25.1 Å². The molecule has 0 amide bonds. The molecule has 0 fully saturated rings. The minimum atomic E-state index is -3.87. The van der Waals surface area contributed by atoms with E-state index in [1.165, 1.54) is 29.8 Å². The molecule has 0 aliphatic heterocycles. The predicted molar refractivity (Wildman–Crippen MR) is 106 cm³/mol. The monoisotopic (exact) mass is 441 g/mol. The molecule has 13 heteroatoms. The highest BCUT2D eigenvalue weighted by molar-refractivity contribution is 7.89. The van der Waals surface area contributed by atoms with Gasteiger partial charge in [-0.1, -0.05) is 5.16 Å². The van der Waals surface area contributed by atoms with E-state index in [1.54, 1.807) is 29.7 Å². The molecule has 4 aromatic heterocycles. The number of nitrogens with one attached hydrogen (secondary N) is 1. The van der Waals surface area contributed by atoms with E-state index in [9.17, 15) is 13.2 Å². The molecule has 31 heavy (non-hydrogen) atoms. The van der Waals surface area contributed by atoms with E-state index in [0.717, 1.165) is 0 Å². The Kier molecular flexibility index (Phi) is 4.23. The van der Waals surface area contributed by atoms with Crippen molar-refractivity contribution >= 4 is 26.8 Å². The highest BCUT2D eigenvalue weighted by atomic mass is 32.2. The van der Waals surface area contributed by atoms with Crippen molar-refractivity contribution in [1.29, 1.82) is 0 Å². The van der Waals surface area contributed by atoms with Crippen molar-refractivity contribution in [2.45, 2.75) is 18.4 Å². The van der Waals surface area contributed by atoms with E-state index in [0.29, 0.717) is 39.8 Å². The molecule has 158 valence electrons. The Bertz CT molecular complexity index is 1610. The molecule has 0 saturated carbocycles. The molecule has 1 N–H and O–H groups in total. The van der Waals surface area contributed by atoms with Crippen molar-refractivity contribution in [2.24, 2.45) is 7.05 Å². The summed E-state index contributed by atoms with van der Waals surface area (Å²) in [6, 6.07) is 7.65. The Morgan fingerprint density at radius 3 is 2.77 bits per heavy atom. The lowest BCUT2D eigenvalue weighted by Gasteiger charge is -2.06. The van der Waals surface area contributed by atoms with Gasteiger partial charge < -0.3 is 8.94 Å². The lowest BCUT2D eigenvalue weighted by atomic mass is 10.2. The van der Waals surface area contributed by atoms with E-state index in [-0.39, 0.29) is 11.4 Å². The van der Waals surface area contributed by atoms with Crippen LogP contribution in [0.4, 0.5) is 0 Å². The van der Waals surface area contributed by atoms with Crippen LogP contribution in [0.25, 0.3) is 28.2 Å². The molecule has 5 aromatic rings. The van der Waals surface area contributed by atoms with Crippen LogP contribution in [-0.2, 0) is 23.6 Å². The maximum Gasteiger partial charge on any atom is 0.419 e. The van der Waals surface area contributed by atoms with Crippen LogP contribution in [0.5, 0.6) is 0 Å². The maximum atomic E-state index is 12.8. The molecule has 0 radical (unpaired) electrons. The standard InChI is InChI=1S/C18H15N7O5S/c1-10-20-17(30-23-10)11-5-6-25-15(7-11)21-22-16(25)9-19-31(27,28)12-3-4-14-13(8-12)24(2)18(26)29-14/h3-8,19H,9H2,1-2H3. The van der Waals surface area contributed by atoms with Crippen molar-refractivity contribution in [3.05, 3.63) is 58.7 Å². The predicted octanol–water partition coefficient (Wildman–Crippen LogP) is 1.01. The molecule has 0 atom stereocenters. The Morgan fingerprint density at radius 2 is 2.00 bits per heavy atom. The topological polar surface area (TPSA) is 150 Å². The molecule has 4 heterocycles. The number of hydrogen-bond donors (Lipinski definition) is 1. The number of fused-ring (bicyclic) bond motifs is 2. The number of pyridine rings is 1. The fourth-order valence-corrected chi connectivity index (χ4v) is 4.12. The molecular formula is C18H15N7O5S. The Hall–Kier alpha value is -3.84. The second kappa shape index (κ2) is 6.85. The summed E-state index contributed by atoms with van der Waals surface area (Å²) in [4.78, 5) is 15.8. The quantitative estimate of drug-likeness (QED) is 0.421. The summed E-state index contributed by atoms with van der Waals surface area (Å²) in [5.74, 6) is 0.695. The fraction of sp³-hybridized carbons (Fsp3) is 0.167. The molecule has 1 aromatic carbocycles. The average molecular weight is 441 g/mol. The number of hydrogen-bond acceptors (Lipinski definition) is 9. The van der Waals surface area contributed by atoms with Crippen LogP contribution in [0.15, 0.2) is 55.2 Å². The molecule has 5 rings (SSSR count). The second-order valence-corrected chi connectivity index (χ2v) is 8.55. The zero-order valence-corrected chi connectivity index (χ0v) is 17.1. The van der Waals surface area contributed by atoms with Gasteiger partial charge in [-0.3, -0.25) is 8.97 Å². The van der Waals surface area contributed by atoms with Gasteiger partial charge in [-0.15, -0.1) is 10.2 Å². The van der Waals surface area contributed by atoms with Crippen LogP contribution in [0.1, 0.15) is 11.6 Å². The summed E-state index contributed by atoms with van der Waals surface area (Å²) in [6.45, 7) is 1.63. The smallest absolute Gasteiger partial charge is 0.408 e. The van der Waals surface area contributed by atoms with E-state index in [4.69, 9.17) is 8.94 Å². The summed E-state index contributed by atoms with van der Waals surface area (Å²) in [7, 11) is -2.37. The Balaban J connectivity index is 1.41. The lowest BCUT2D eigenvalue weighted by Crippen LogP contribution is -2.24. The van der Waals surface area contributed by atoms with E-state index < -0.39 is 15.8 Å². The minimum absolute atomic E-state index is 0.000675. The van der Waals surface area contributed by atoms with Crippen molar-refractivity contribution < 1.29 is 17.4 Å². The third-order valence-corrected chi connectivity index (χ3v) is 6.15. The van der Waals surface area contributed by atoms with E-state index in [1.807, 2.05) is 0 Å². The average Bonchev–Trinajstić information content (AvgIpc) is 3.44. The van der Waals surface area contributed by atoms with Crippen LogP contribution < -0.4 is 10.5 Å². The number of rotatable bonds is 5. The first kappa shape index (κ1) is 19.1. The summed E-state index contributed by atoms with van der Waals surface area (Å²) >= 11 is 0. The first-order valence-corrected chi connectivity index (χ1v) is 10.5. The Labute approximate surface area is 174 Å². The zero-order valence-electron chi connectivity index (χ0n) is 16.3. The number of benzene rings is 1. The van der Waals surface area contributed by atoms with Gasteiger partial charge >= 0.3 is 5.76 Å². The van der Waals surface area contributed by atoms with Gasteiger partial charge in [0.05, 0.1) is 17.0 Å². The molecule has 0 spiro atoms. The third kappa shape index (κ3) is 3.29. The lowest BCUT2D eigenvalue weighted by molar-refractivity contribution is 0.425. The van der Waals surface area contributed by atoms with Crippen molar-refractivity contribution in [1.82, 2.24) is 34.0 Å². The number of aryl methyl sites for hydroxylation is 2. The van der Waals surface area contributed by atoms with Gasteiger partial charge in [-0.05, 0) is 37.3 Å². The third-order valence-electron chi connectivity index (χ3n) is 4.75. The first-order valence-electron chi connectivity index (χ1n) is 9.05. The molecule has 12 nitrogen and oxygen atoms in total. The SMILES string of the molecule is Cc1noc(-c2ccn3c(CNS(=O)(=O)c4ccc5oc(=O)n(C)c5c4)nnc3c2)n1. The van der Waals surface area contributed by atoms with Crippen molar-refractivity contribution in [2.75, 3.05) is 0 Å². The van der Waals surface area contributed by atoms with Gasteiger partial charge in [0.2, 0.25) is 10.0 Å². The number of sulfonamides is 1. The summed E-state index contributed by atoms with van der Waals surface area (Å²) < 4.78 is 41.1. The van der Waals surface area contributed by atoms with Gasteiger partial charge in [0.25, 0.3) is 5.89 Å². The van der Waals surface area contributed by atoms with Gasteiger partial charge in [-0.2, -0.15) is 4.98 Å². The van der Waals surface area contributed by atoms with Crippen LogP contribution >= 0.6 is 0 Å². The van der Waals surface area contributed by atoms with Crippen molar-refractivity contribution in [3.8, 4) is 11.5 Å². The highest BCUT2D eigenvalue weighted by Crippen LogP contribution is 2.20. The summed E-state index contributed by atoms with van der Waals surface area (Å²) in [5.41, 5.74) is 1.86. The largest absolute Gasteiger partial charge is 0.419 e. The summed E-state index contributed by atoms with van der Waals surface area (Å²) in [6.07, 6.45) is 1.70. The van der Waals surface area contributed by atoms with Gasteiger partial charge in [0.1, 0.15) is 0 Å². The molecule has 0 unspecified atom stereocenters. The van der Waals surface area contributed by atoms with Gasteiger partial charge in [-0.25, -0.2) is 17.9 Å². The van der Waals surface area contributed by atoms with E-state index >= 15 is 0 Å². The molecule has 0 aliphatic rings. The van der Waals surface area contributed by atoms with Crippen LogP contribution in [0.2, 0.25) is 0 Å². The van der Waals surface area contributed by atoms with Crippen LogP contribution in [0, 0.1) is 6.92 Å².